The quantitative estimate of drug-likeness (QED) is 0.286. The van der Waals surface area contributed by atoms with E-state index in [-0.39, 0.29) is 18.2 Å². The number of ketones is 1. The van der Waals surface area contributed by atoms with Crippen LogP contribution in [0.1, 0.15) is 50.5 Å². The minimum atomic E-state index is -0.778. The maximum absolute atomic E-state index is 13.2. The Bertz CT molecular complexity index is 1630. The normalized spacial score (nSPS) is 13.8. The number of pyridine rings is 1. The van der Waals surface area contributed by atoms with Crippen molar-refractivity contribution in [2.75, 3.05) is 39.2 Å². The third-order valence-electron chi connectivity index (χ3n) is 7.06. The van der Waals surface area contributed by atoms with Gasteiger partial charge in [0.05, 0.1) is 34.5 Å². The first-order chi connectivity index (χ1) is 18.9. The van der Waals surface area contributed by atoms with Crippen LogP contribution in [-0.4, -0.2) is 66.5 Å². The predicted molar refractivity (Wildman–Crippen MR) is 161 cm³/mol. The summed E-state index contributed by atoms with van der Waals surface area (Å²) in [5.74, 6) is 0.734. The number of hydrogen-bond donors (Lipinski definition) is 0. The molecule has 0 unspecified atom stereocenters. The SMILES string of the molecule is CC(=O)[C@@H](OC(C)(C)C)c1c(C)cc2nc(N(C)CC(=O)N(C)C)sc2c1-c1ccc2c3c(ccnc13)CCO2. The van der Waals surface area contributed by atoms with Crippen LogP contribution in [-0.2, 0) is 20.7 Å². The predicted octanol–water partition coefficient (Wildman–Crippen LogP) is 5.72. The second-order valence-electron chi connectivity index (χ2n) is 11.6. The van der Waals surface area contributed by atoms with Crippen molar-refractivity contribution in [2.45, 2.75) is 52.7 Å². The van der Waals surface area contributed by atoms with Gasteiger partial charge in [-0.25, -0.2) is 4.98 Å². The van der Waals surface area contributed by atoms with E-state index in [2.05, 4.69) is 0 Å². The summed E-state index contributed by atoms with van der Waals surface area (Å²) in [6.45, 7) is 10.3. The number of amides is 1. The number of aromatic nitrogens is 2. The van der Waals surface area contributed by atoms with Gasteiger partial charge in [0, 0.05) is 55.8 Å². The number of thiazole rings is 1. The van der Waals surface area contributed by atoms with E-state index < -0.39 is 11.7 Å². The highest BCUT2D eigenvalue weighted by Gasteiger charge is 2.32. The van der Waals surface area contributed by atoms with Crippen molar-refractivity contribution in [3.05, 3.63) is 47.2 Å². The number of benzene rings is 2. The van der Waals surface area contributed by atoms with Crippen molar-refractivity contribution >= 4 is 49.3 Å². The Kier molecular flexibility index (Phi) is 7.31. The largest absolute Gasteiger partial charge is 0.493 e. The number of likely N-dealkylation sites (N-methyl/N-ethyl adjacent to an activating group) is 2. The Morgan fingerprint density at radius 3 is 2.60 bits per heavy atom. The molecule has 0 saturated carbocycles. The lowest BCUT2D eigenvalue weighted by atomic mass is 9.88. The molecule has 9 heteroatoms. The molecule has 8 nitrogen and oxygen atoms in total. The van der Waals surface area contributed by atoms with Crippen LogP contribution in [0.2, 0.25) is 0 Å². The van der Waals surface area contributed by atoms with Crippen LogP contribution in [0.15, 0.2) is 30.5 Å². The van der Waals surface area contributed by atoms with Gasteiger partial charge >= 0.3 is 0 Å². The molecule has 210 valence electrons. The lowest BCUT2D eigenvalue weighted by Crippen LogP contribution is -2.34. The number of ether oxygens (including phenoxy) is 2. The number of rotatable bonds is 7. The van der Waals surface area contributed by atoms with E-state index in [1.165, 1.54) is 16.9 Å². The summed E-state index contributed by atoms with van der Waals surface area (Å²) < 4.78 is 13.4. The number of nitrogens with zero attached hydrogens (tertiary/aromatic N) is 4. The Balaban J connectivity index is 1.82. The Hall–Kier alpha value is -3.56. The van der Waals surface area contributed by atoms with Gasteiger partial charge < -0.3 is 19.3 Å². The first kappa shape index (κ1) is 28.0. The van der Waals surface area contributed by atoms with Gasteiger partial charge in [-0.15, -0.1) is 0 Å². The molecule has 0 fully saturated rings. The number of Topliss-reactive ketones (excluding diaryl/α,β-unsaturated/α-hetero) is 1. The van der Waals surface area contributed by atoms with E-state index >= 15 is 0 Å². The van der Waals surface area contributed by atoms with Crippen molar-refractivity contribution in [2.24, 2.45) is 0 Å². The maximum atomic E-state index is 13.2. The number of fused-ring (bicyclic) bond motifs is 1. The minimum Gasteiger partial charge on any atom is -0.493 e. The average molecular weight is 561 g/mol. The summed E-state index contributed by atoms with van der Waals surface area (Å²) in [5, 5.41) is 1.72. The van der Waals surface area contributed by atoms with E-state index in [0.717, 1.165) is 60.7 Å². The standard InChI is InChI=1S/C31H36N4O4S/c1-17-15-21-29(40-30(33-21)35(8)16-23(37)34(6)7)26(24(17)28(18(2)36)39-31(3,4)5)20-9-10-22-25-19(12-14-38-22)11-13-32-27(20)25/h9-11,13,15,28H,12,14,16H2,1-8H3/t28-/m1/s1. The summed E-state index contributed by atoms with van der Waals surface area (Å²) in [6.07, 6.45) is 1.88. The summed E-state index contributed by atoms with van der Waals surface area (Å²) in [6, 6.07) is 8.09. The van der Waals surface area contributed by atoms with Gasteiger partial charge in [0.25, 0.3) is 0 Å². The lowest BCUT2D eigenvalue weighted by Gasteiger charge is -2.29. The second-order valence-corrected chi connectivity index (χ2v) is 12.6. The molecule has 0 bridgehead atoms. The van der Waals surface area contributed by atoms with Crippen LogP contribution in [0.25, 0.3) is 32.2 Å². The fraction of sp³-hybridized carbons (Fsp3) is 0.419. The Morgan fingerprint density at radius 1 is 1.18 bits per heavy atom. The summed E-state index contributed by atoms with van der Waals surface area (Å²) in [5.41, 5.74) is 5.79. The fourth-order valence-corrected chi connectivity index (χ4v) is 6.26. The molecule has 1 aliphatic heterocycles. The fourth-order valence-electron chi connectivity index (χ4n) is 5.18. The molecule has 40 heavy (non-hydrogen) atoms. The third kappa shape index (κ3) is 5.15. The monoisotopic (exact) mass is 560 g/mol. The van der Waals surface area contributed by atoms with Crippen LogP contribution in [0.3, 0.4) is 0 Å². The van der Waals surface area contributed by atoms with Crippen LogP contribution in [0, 0.1) is 6.92 Å². The van der Waals surface area contributed by atoms with Gasteiger partial charge in [-0.2, -0.15) is 0 Å². The molecule has 5 rings (SSSR count). The molecule has 0 radical (unpaired) electrons. The molecule has 0 saturated heterocycles. The second kappa shape index (κ2) is 10.4. The minimum absolute atomic E-state index is 0.0122. The van der Waals surface area contributed by atoms with Crippen molar-refractivity contribution in [3.63, 3.8) is 0 Å². The zero-order valence-electron chi connectivity index (χ0n) is 24.4. The molecule has 0 N–H and O–H groups in total. The Labute approximate surface area is 238 Å². The Morgan fingerprint density at radius 2 is 1.93 bits per heavy atom. The molecular weight excluding hydrogens is 524 g/mol. The van der Waals surface area contributed by atoms with Crippen molar-refractivity contribution in [3.8, 4) is 16.9 Å². The molecule has 1 aliphatic rings. The summed E-state index contributed by atoms with van der Waals surface area (Å²) in [7, 11) is 5.36. The molecule has 2 aromatic heterocycles. The van der Waals surface area contributed by atoms with Gasteiger partial charge in [0.15, 0.2) is 10.9 Å². The highest BCUT2D eigenvalue weighted by molar-refractivity contribution is 7.22. The molecule has 3 heterocycles. The zero-order chi connectivity index (χ0) is 28.9. The number of carbonyl (C=O) groups excluding carboxylic acids is 2. The summed E-state index contributed by atoms with van der Waals surface area (Å²) >= 11 is 1.51. The zero-order valence-corrected chi connectivity index (χ0v) is 25.2. The highest BCUT2D eigenvalue weighted by atomic mass is 32.1. The van der Waals surface area contributed by atoms with Gasteiger partial charge in [-0.1, -0.05) is 11.3 Å². The molecule has 0 aliphatic carbocycles. The molecule has 4 aromatic rings. The van der Waals surface area contributed by atoms with Crippen LogP contribution in [0.5, 0.6) is 5.75 Å². The topological polar surface area (TPSA) is 84.9 Å². The molecular formula is C31H36N4O4S. The van der Waals surface area contributed by atoms with Crippen LogP contribution >= 0.6 is 11.3 Å². The molecule has 0 spiro atoms. The van der Waals surface area contributed by atoms with Crippen molar-refractivity contribution in [1.82, 2.24) is 14.9 Å². The first-order valence-electron chi connectivity index (χ1n) is 13.4. The highest BCUT2D eigenvalue weighted by Crippen LogP contribution is 2.47. The number of hydrogen-bond acceptors (Lipinski definition) is 8. The molecule has 1 atom stereocenters. The van der Waals surface area contributed by atoms with E-state index in [0.29, 0.717) is 6.61 Å². The van der Waals surface area contributed by atoms with Crippen LogP contribution in [0.4, 0.5) is 5.13 Å². The van der Waals surface area contributed by atoms with Gasteiger partial charge in [-0.3, -0.25) is 14.6 Å². The number of aryl methyl sites for hydroxylation is 1. The maximum Gasteiger partial charge on any atom is 0.241 e. The van der Waals surface area contributed by atoms with Gasteiger partial charge in [0.2, 0.25) is 5.91 Å². The van der Waals surface area contributed by atoms with E-state index in [1.54, 1.807) is 25.9 Å². The van der Waals surface area contributed by atoms with E-state index in [1.807, 2.05) is 70.1 Å². The van der Waals surface area contributed by atoms with E-state index in [9.17, 15) is 9.59 Å². The third-order valence-corrected chi connectivity index (χ3v) is 8.26. The van der Waals surface area contributed by atoms with Crippen molar-refractivity contribution in [1.29, 1.82) is 0 Å². The first-order valence-corrected chi connectivity index (χ1v) is 14.2. The molecule has 1 amide bonds. The number of carbonyl (C=O) groups is 2. The van der Waals surface area contributed by atoms with Gasteiger partial charge in [-0.05, 0) is 70.0 Å². The smallest absolute Gasteiger partial charge is 0.241 e. The lowest BCUT2D eigenvalue weighted by molar-refractivity contribution is -0.138. The number of anilines is 1. The van der Waals surface area contributed by atoms with Crippen molar-refractivity contribution < 1.29 is 19.1 Å². The van der Waals surface area contributed by atoms with Crippen LogP contribution < -0.4 is 9.64 Å². The van der Waals surface area contributed by atoms with E-state index in [4.69, 9.17) is 19.4 Å². The summed E-state index contributed by atoms with van der Waals surface area (Å²) in [4.78, 5) is 38.9. The van der Waals surface area contributed by atoms with Gasteiger partial charge in [0.1, 0.15) is 11.9 Å². The average Bonchev–Trinajstić information content (AvgIpc) is 3.30. The molecule has 2 aromatic carbocycles.